The summed E-state index contributed by atoms with van der Waals surface area (Å²) in [5.41, 5.74) is 0.111. The zero-order valence-corrected chi connectivity index (χ0v) is 7.34. The maximum atomic E-state index is 9.17. The summed E-state index contributed by atoms with van der Waals surface area (Å²) in [6.07, 6.45) is 7.72. The maximum absolute atomic E-state index is 9.17. The van der Waals surface area contributed by atoms with Gasteiger partial charge in [-0.25, -0.2) is 0 Å². The van der Waals surface area contributed by atoms with Crippen molar-refractivity contribution >= 4 is 0 Å². The Morgan fingerprint density at radius 1 is 1.25 bits per heavy atom. The fraction of sp³-hybridized carbons (Fsp3) is 0.818. The van der Waals surface area contributed by atoms with Gasteiger partial charge in [0.15, 0.2) is 0 Å². The molecule has 0 aromatic carbocycles. The van der Waals surface area contributed by atoms with Gasteiger partial charge in [0.2, 0.25) is 0 Å². The molecule has 0 amide bonds. The second-order valence-electron chi connectivity index (χ2n) is 5.10. The third kappa shape index (κ3) is 0.787. The summed E-state index contributed by atoms with van der Waals surface area (Å²) in [4.78, 5) is 0. The van der Waals surface area contributed by atoms with Crippen molar-refractivity contribution < 1.29 is 0 Å². The smallest absolute Gasteiger partial charge is 0.0690 e. The first-order chi connectivity index (χ1) is 5.80. The van der Waals surface area contributed by atoms with Crippen molar-refractivity contribution in [1.82, 2.24) is 0 Å². The van der Waals surface area contributed by atoms with Crippen LogP contribution in [0.4, 0.5) is 0 Å². The van der Waals surface area contributed by atoms with Crippen LogP contribution in [-0.4, -0.2) is 0 Å². The summed E-state index contributed by atoms with van der Waals surface area (Å²) in [6, 6.07) is 2.59. The largest absolute Gasteiger partial charge is 0.198 e. The fourth-order valence-electron chi connectivity index (χ4n) is 3.94. The Balaban J connectivity index is 1.97. The van der Waals surface area contributed by atoms with E-state index >= 15 is 0 Å². The van der Waals surface area contributed by atoms with Crippen LogP contribution >= 0.6 is 0 Å². The van der Waals surface area contributed by atoms with Crippen molar-refractivity contribution in [2.24, 2.45) is 17.3 Å². The number of hydrogen-bond acceptors (Lipinski definition) is 1. The van der Waals surface area contributed by atoms with Crippen molar-refractivity contribution in [2.45, 2.75) is 38.5 Å². The van der Waals surface area contributed by atoms with E-state index < -0.39 is 0 Å². The van der Waals surface area contributed by atoms with Crippen molar-refractivity contribution in [3.8, 4) is 6.07 Å². The average molecular weight is 160 g/mol. The van der Waals surface area contributed by atoms with Gasteiger partial charge < -0.3 is 0 Å². The average Bonchev–Trinajstić information content (AvgIpc) is 2.02. The molecule has 4 rings (SSSR count). The van der Waals surface area contributed by atoms with Gasteiger partial charge in [-0.15, -0.1) is 0 Å². The summed E-state index contributed by atoms with van der Waals surface area (Å²) in [5.74, 6) is 3.50. The third-order valence-electron chi connectivity index (χ3n) is 4.01. The Hall–Kier alpha value is -0.510. The van der Waals surface area contributed by atoms with E-state index in [1.54, 1.807) is 5.92 Å². The first kappa shape index (κ1) is 6.95. The van der Waals surface area contributed by atoms with Crippen LogP contribution in [0.5, 0.6) is 0 Å². The number of nitriles is 1. The van der Waals surface area contributed by atoms with Crippen molar-refractivity contribution in [3.63, 3.8) is 0 Å². The molecule has 12 heavy (non-hydrogen) atoms. The van der Waals surface area contributed by atoms with Gasteiger partial charge >= 0.3 is 0 Å². The molecule has 4 bridgehead atoms. The van der Waals surface area contributed by atoms with E-state index in [0.717, 1.165) is 18.3 Å². The van der Waals surface area contributed by atoms with Crippen LogP contribution in [0.1, 0.15) is 38.5 Å². The zero-order valence-electron chi connectivity index (χ0n) is 7.34. The second-order valence-corrected chi connectivity index (χ2v) is 5.10. The Morgan fingerprint density at radius 2 is 1.92 bits per heavy atom. The van der Waals surface area contributed by atoms with Gasteiger partial charge in [0, 0.05) is 0 Å². The van der Waals surface area contributed by atoms with Gasteiger partial charge in [-0.3, -0.25) is 0 Å². The topological polar surface area (TPSA) is 23.8 Å². The van der Waals surface area contributed by atoms with Crippen LogP contribution < -0.4 is 0 Å². The van der Waals surface area contributed by atoms with Gasteiger partial charge in [0.05, 0.1) is 11.5 Å². The summed E-state index contributed by atoms with van der Waals surface area (Å²) in [5, 5.41) is 9.17. The molecule has 0 saturated heterocycles. The lowest BCUT2D eigenvalue weighted by atomic mass is 9.50. The molecule has 1 radical (unpaired) electrons. The van der Waals surface area contributed by atoms with Crippen LogP contribution in [0, 0.1) is 34.5 Å². The van der Waals surface area contributed by atoms with E-state index in [9.17, 15) is 0 Å². The second kappa shape index (κ2) is 2.05. The van der Waals surface area contributed by atoms with Crippen LogP contribution in [0.15, 0.2) is 0 Å². The predicted molar refractivity (Wildman–Crippen MR) is 46.0 cm³/mol. The molecule has 0 aromatic rings. The molecule has 0 N–H and O–H groups in total. The molecule has 0 aromatic heterocycles. The van der Waals surface area contributed by atoms with Gasteiger partial charge in [0.25, 0.3) is 0 Å². The number of hydrogen-bond donors (Lipinski definition) is 0. The highest BCUT2D eigenvalue weighted by Crippen LogP contribution is 2.60. The molecule has 4 fully saturated rings. The molecule has 1 nitrogen and oxygen atoms in total. The van der Waals surface area contributed by atoms with Crippen LogP contribution in [0.3, 0.4) is 0 Å². The third-order valence-corrected chi connectivity index (χ3v) is 4.01. The normalized spacial score (nSPS) is 50.9. The molecule has 1 heteroatoms. The molecule has 4 saturated carbocycles. The highest BCUT2D eigenvalue weighted by atomic mass is 14.6. The molecule has 4 aliphatic carbocycles. The van der Waals surface area contributed by atoms with Crippen LogP contribution in [0.2, 0.25) is 0 Å². The quantitative estimate of drug-likeness (QED) is 0.534. The zero-order chi connectivity index (χ0) is 8.18. The Kier molecular flexibility index (Phi) is 1.18. The van der Waals surface area contributed by atoms with Gasteiger partial charge in [-0.1, -0.05) is 0 Å². The molecule has 0 heterocycles. The summed E-state index contributed by atoms with van der Waals surface area (Å²) >= 11 is 0. The molecule has 2 atom stereocenters. The monoisotopic (exact) mass is 160 g/mol. The molecule has 2 unspecified atom stereocenters. The lowest BCUT2D eigenvalue weighted by Crippen LogP contribution is -2.44. The Labute approximate surface area is 73.8 Å². The first-order valence-electron chi connectivity index (χ1n) is 5.04. The van der Waals surface area contributed by atoms with E-state index in [1.807, 2.05) is 0 Å². The Bertz CT molecular complexity index is 213. The van der Waals surface area contributed by atoms with Crippen molar-refractivity contribution in [2.75, 3.05) is 0 Å². The molecular weight excluding hydrogens is 146 g/mol. The van der Waals surface area contributed by atoms with E-state index in [1.165, 1.54) is 32.1 Å². The predicted octanol–water partition coefficient (Wildman–Crippen LogP) is 2.68. The van der Waals surface area contributed by atoms with Crippen LogP contribution in [-0.2, 0) is 0 Å². The minimum absolute atomic E-state index is 0.111. The summed E-state index contributed by atoms with van der Waals surface area (Å²) in [6.45, 7) is 0. The van der Waals surface area contributed by atoms with Crippen LogP contribution in [0.25, 0.3) is 0 Å². The molecule has 63 valence electrons. The molecular formula is C11H14N. The molecule has 0 spiro atoms. The van der Waals surface area contributed by atoms with Gasteiger partial charge in [0.1, 0.15) is 0 Å². The van der Waals surface area contributed by atoms with Gasteiger partial charge in [-0.2, -0.15) is 5.26 Å². The summed E-state index contributed by atoms with van der Waals surface area (Å²) in [7, 11) is 0. The first-order valence-corrected chi connectivity index (χ1v) is 5.04. The molecule has 4 aliphatic rings. The highest BCUT2D eigenvalue weighted by Gasteiger charge is 2.51. The highest BCUT2D eigenvalue weighted by molar-refractivity contribution is 5.19. The van der Waals surface area contributed by atoms with E-state index in [2.05, 4.69) is 6.07 Å². The fourth-order valence-corrected chi connectivity index (χ4v) is 3.94. The van der Waals surface area contributed by atoms with Crippen molar-refractivity contribution in [3.05, 3.63) is 5.92 Å². The van der Waals surface area contributed by atoms with Gasteiger partial charge in [-0.05, 0) is 56.3 Å². The minimum Gasteiger partial charge on any atom is -0.198 e. The lowest BCUT2D eigenvalue weighted by molar-refractivity contribution is 0.0463. The summed E-state index contributed by atoms with van der Waals surface area (Å²) < 4.78 is 0. The Morgan fingerprint density at radius 3 is 2.42 bits per heavy atom. The number of nitrogens with zero attached hydrogens (tertiary/aromatic N) is 1. The number of rotatable bonds is 0. The van der Waals surface area contributed by atoms with E-state index in [4.69, 9.17) is 5.26 Å². The molecule has 0 aliphatic heterocycles. The van der Waals surface area contributed by atoms with E-state index in [-0.39, 0.29) is 5.41 Å². The van der Waals surface area contributed by atoms with E-state index in [0.29, 0.717) is 0 Å². The SMILES string of the molecule is N#CC12C[C]3CC(CC(C3)C1)C2. The standard InChI is InChI=1S/C11H14N/c12-7-11-4-8-1-9(5-11)3-10(2-8)6-11/h8-9H,1-6H2. The minimum atomic E-state index is 0.111. The maximum Gasteiger partial charge on any atom is 0.0690 e. The lowest BCUT2D eigenvalue weighted by Gasteiger charge is -2.53. The van der Waals surface area contributed by atoms with Crippen molar-refractivity contribution in [1.29, 1.82) is 5.26 Å².